The predicted octanol–water partition coefficient (Wildman–Crippen LogP) is 3.80. The molecule has 4 bridgehead atoms. The fourth-order valence-electron chi connectivity index (χ4n) is 4.49. The lowest BCUT2D eigenvalue weighted by atomic mass is 9.91. The van der Waals surface area contributed by atoms with Crippen LogP contribution in [0.25, 0.3) is 0 Å². The summed E-state index contributed by atoms with van der Waals surface area (Å²) >= 11 is 0. The Morgan fingerprint density at radius 1 is 1.00 bits per heavy atom. The Morgan fingerprint density at radius 3 is 2.43 bits per heavy atom. The van der Waals surface area contributed by atoms with Crippen molar-refractivity contribution in [2.45, 2.75) is 51.6 Å². The average molecular weight is 401 g/mol. The first kappa shape index (κ1) is 19.1. The van der Waals surface area contributed by atoms with Gasteiger partial charge in [-0.2, -0.15) is 0 Å². The number of imidazole rings is 1. The molecule has 0 unspecified atom stereocenters. The third kappa shape index (κ3) is 3.91. The van der Waals surface area contributed by atoms with Crippen LogP contribution >= 0.6 is 0 Å². The molecule has 2 aromatic carbocycles. The maximum Gasteiger partial charge on any atom is 0.243 e. The zero-order valence-electron chi connectivity index (χ0n) is 18.2. The van der Waals surface area contributed by atoms with E-state index in [9.17, 15) is 0 Å². The van der Waals surface area contributed by atoms with E-state index < -0.39 is 0 Å². The molecule has 0 N–H and O–H groups in total. The Labute approximate surface area is 178 Å². The molecule has 0 spiro atoms. The van der Waals surface area contributed by atoms with E-state index in [4.69, 9.17) is 9.73 Å². The lowest BCUT2D eigenvalue weighted by Crippen LogP contribution is -2.23. The molecule has 0 amide bonds. The van der Waals surface area contributed by atoms with Crippen molar-refractivity contribution >= 4 is 5.90 Å². The van der Waals surface area contributed by atoms with Gasteiger partial charge in [-0.25, -0.2) is 14.1 Å². The molecule has 0 fully saturated rings. The molecule has 4 nitrogen and oxygen atoms in total. The summed E-state index contributed by atoms with van der Waals surface area (Å²) in [5.41, 5.74) is 8.02. The molecule has 3 aromatic rings. The summed E-state index contributed by atoms with van der Waals surface area (Å²) < 4.78 is 10.4. The Morgan fingerprint density at radius 2 is 1.73 bits per heavy atom. The highest BCUT2D eigenvalue weighted by Crippen LogP contribution is 2.26. The highest BCUT2D eigenvalue weighted by Gasteiger charge is 2.28. The van der Waals surface area contributed by atoms with Crippen molar-refractivity contribution in [2.75, 3.05) is 6.61 Å². The van der Waals surface area contributed by atoms with Crippen molar-refractivity contribution < 1.29 is 9.30 Å². The van der Waals surface area contributed by atoms with Gasteiger partial charge in [-0.3, -0.25) is 0 Å². The predicted molar refractivity (Wildman–Crippen MR) is 119 cm³/mol. The second kappa shape index (κ2) is 7.42. The Hall–Kier alpha value is -2.88. The van der Waals surface area contributed by atoms with Gasteiger partial charge in [-0.05, 0) is 73.4 Å². The fraction of sp³-hybridized carbons (Fsp3) is 0.385. The quantitative estimate of drug-likeness (QED) is 0.615. The van der Waals surface area contributed by atoms with Gasteiger partial charge >= 0.3 is 0 Å². The normalized spacial score (nSPS) is 17.4. The first-order valence-corrected chi connectivity index (χ1v) is 10.9. The van der Waals surface area contributed by atoms with Crippen LogP contribution in [0.1, 0.15) is 47.2 Å². The molecule has 0 radical (unpaired) electrons. The van der Waals surface area contributed by atoms with Crippen molar-refractivity contribution in [2.24, 2.45) is 12.0 Å². The van der Waals surface area contributed by atoms with Gasteiger partial charge < -0.3 is 4.74 Å². The number of ether oxygens (including phenoxy) is 1. The molecule has 154 valence electrons. The summed E-state index contributed by atoms with van der Waals surface area (Å²) in [7, 11) is 2.07. The van der Waals surface area contributed by atoms with Crippen LogP contribution in [0.4, 0.5) is 0 Å². The Kier molecular flexibility index (Phi) is 4.73. The molecule has 4 heteroatoms. The molecule has 8 rings (SSSR count). The summed E-state index contributed by atoms with van der Waals surface area (Å²) in [5, 5.41) is 0. The summed E-state index contributed by atoms with van der Waals surface area (Å²) in [4.78, 5) is 4.86. The number of rotatable bonds is 3. The van der Waals surface area contributed by atoms with Crippen LogP contribution < -0.4 is 4.57 Å². The van der Waals surface area contributed by atoms with E-state index in [0.29, 0.717) is 6.61 Å². The molecule has 2 heterocycles. The van der Waals surface area contributed by atoms with Crippen LogP contribution in [0.15, 0.2) is 60.1 Å². The van der Waals surface area contributed by atoms with Gasteiger partial charge in [0.2, 0.25) is 12.2 Å². The van der Waals surface area contributed by atoms with Gasteiger partial charge in [-0.15, -0.1) is 0 Å². The molecule has 1 aliphatic heterocycles. The van der Waals surface area contributed by atoms with Crippen molar-refractivity contribution in [3.63, 3.8) is 0 Å². The maximum absolute atomic E-state index is 6.00. The zero-order chi connectivity index (χ0) is 20.7. The average Bonchev–Trinajstić information content (AvgIpc) is 3.28. The lowest BCUT2D eigenvalue weighted by molar-refractivity contribution is -0.671. The molecule has 0 atom stereocenters. The minimum absolute atomic E-state index is 0.132. The van der Waals surface area contributed by atoms with E-state index in [2.05, 4.69) is 85.1 Å². The van der Waals surface area contributed by atoms with Gasteiger partial charge in [0, 0.05) is 5.56 Å². The van der Waals surface area contributed by atoms with Crippen LogP contribution in [-0.4, -0.2) is 22.6 Å². The second-order valence-electron chi connectivity index (χ2n) is 9.36. The summed E-state index contributed by atoms with van der Waals surface area (Å²) in [6.07, 6.45) is 10.5. The number of aromatic nitrogens is 2. The lowest BCUT2D eigenvalue weighted by Gasteiger charge is -2.16. The minimum Gasteiger partial charge on any atom is -0.475 e. The summed E-state index contributed by atoms with van der Waals surface area (Å²) in [5.74, 6) is 0.823. The Bertz CT molecular complexity index is 1120. The van der Waals surface area contributed by atoms with Crippen LogP contribution in [0.5, 0.6) is 0 Å². The highest BCUT2D eigenvalue weighted by molar-refractivity contribution is 5.97. The van der Waals surface area contributed by atoms with E-state index in [-0.39, 0.29) is 5.54 Å². The number of aliphatic imine (C=N–C) groups is 1. The second-order valence-corrected chi connectivity index (χ2v) is 9.36. The standard InChI is InChI=1S/C26H30N3O/c1-26(2)17-30-25(27-26)24-15-20-5-9-21-8-4-19(6-10-22(24)11-7-20)14-23(21)16-29-13-12-28(3)18-29/h4,7-8,11-15,18H,5-6,9-10,16-17H2,1-3H3/q+1. The Balaban J connectivity index is 1.48. The SMILES string of the molecule is C[n+]1ccn(Cc2cc3ccc2CCc2ccc(c(C4=NC(C)(C)CO4)c2)CC3)c1. The summed E-state index contributed by atoms with van der Waals surface area (Å²) in [6.45, 7) is 5.85. The minimum atomic E-state index is -0.132. The van der Waals surface area contributed by atoms with Crippen LogP contribution in [0.3, 0.4) is 0 Å². The molecule has 0 saturated carbocycles. The zero-order valence-corrected chi connectivity index (χ0v) is 18.2. The third-order valence-corrected chi connectivity index (χ3v) is 6.18. The number of aryl methyl sites for hydroxylation is 5. The van der Waals surface area contributed by atoms with E-state index in [1.807, 2.05) is 0 Å². The molecular formula is C26H30N3O+. The summed E-state index contributed by atoms with van der Waals surface area (Å²) in [6, 6.07) is 14.0. The molecule has 4 aliphatic carbocycles. The van der Waals surface area contributed by atoms with Crippen LogP contribution in [0, 0.1) is 0 Å². The van der Waals surface area contributed by atoms with Gasteiger partial charge in [0.1, 0.15) is 25.5 Å². The van der Waals surface area contributed by atoms with Crippen LogP contribution in [-0.2, 0) is 44.0 Å². The number of nitrogens with zero attached hydrogens (tertiary/aromatic N) is 3. The first-order valence-electron chi connectivity index (χ1n) is 10.9. The highest BCUT2D eigenvalue weighted by atomic mass is 16.5. The van der Waals surface area contributed by atoms with Crippen molar-refractivity contribution in [3.8, 4) is 0 Å². The molecule has 0 saturated heterocycles. The molecule has 1 aromatic heterocycles. The first-order chi connectivity index (χ1) is 14.4. The fourth-order valence-corrected chi connectivity index (χ4v) is 4.49. The van der Waals surface area contributed by atoms with E-state index >= 15 is 0 Å². The van der Waals surface area contributed by atoms with E-state index in [0.717, 1.165) is 38.1 Å². The monoisotopic (exact) mass is 400 g/mol. The van der Waals surface area contributed by atoms with Gasteiger partial charge in [0.25, 0.3) is 0 Å². The third-order valence-electron chi connectivity index (χ3n) is 6.18. The van der Waals surface area contributed by atoms with E-state index in [1.54, 1.807) is 0 Å². The largest absolute Gasteiger partial charge is 0.475 e. The topological polar surface area (TPSA) is 30.4 Å². The van der Waals surface area contributed by atoms with Crippen molar-refractivity contribution in [1.29, 1.82) is 0 Å². The number of hydrogen-bond donors (Lipinski definition) is 0. The number of benzene rings is 2. The number of hydrogen-bond acceptors (Lipinski definition) is 2. The molecule has 5 aliphatic rings. The smallest absolute Gasteiger partial charge is 0.243 e. The van der Waals surface area contributed by atoms with Gasteiger partial charge in [0.15, 0.2) is 0 Å². The maximum atomic E-state index is 6.00. The van der Waals surface area contributed by atoms with Crippen molar-refractivity contribution in [1.82, 2.24) is 4.57 Å². The van der Waals surface area contributed by atoms with Gasteiger partial charge in [0.05, 0.1) is 12.6 Å². The van der Waals surface area contributed by atoms with Crippen molar-refractivity contribution in [3.05, 3.63) is 88.5 Å². The van der Waals surface area contributed by atoms with Gasteiger partial charge in [-0.1, -0.05) is 30.3 Å². The van der Waals surface area contributed by atoms with Crippen LogP contribution in [0.2, 0.25) is 0 Å². The van der Waals surface area contributed by atoms with E-state index in [1.165, 1.54) is 33.4 Å². The molecular weight excluding hydrogens is 370 g/mol. The molecule has 30 heavy (non-hydrogen) atoms.